The van der Waals surface area contributed by atoms with E-state index in [4.69, 9.17) is 0 Å². The van der Waals surface area contributed by atoms with Crippen LogP contribution in [0.5, 0.6) is 0 Å². The van der Waals surface area contributed by atoms with Crippen molar-refractivity contribution in [2.75, 3.05) is 0 Å². The molecule has 114 valence electrons. The molecule has 3 atom stereocenters. The summed E-state index contributed by atoms with van der Waals surface area (Å²) in [6.07, 6.45) is 3.40. The third kappa shape index (κ3) is 3.20. The Labute approximate surface area is 123 Å². The molecule has 2 amide bonds. The monoisotopic (exact) mass is 293 g/mol. The summed E-state index contributed by atoms with van der Waals surface area (Å²) in [6, 6.07) is 0.256. The zero-order valence-electron chi connectivity index (χ0n) is 12.5. The molecule has 0 radical (unpaired) electrons. The Morgan fingerprint density at radius 2 is 2.14 bits per heavy atom. The second-order valence-corrected chi connectivity index (χ2v) is 5.54. The van der Waals surface area contributed by atoms with Gasteiger partial charge in [0, 0.05) is 12.7 Å². The van der Waals surface area contributed by atoms with Crippen molar-refractivity contribution >= 4 is 11.8 Å². The second-order valence-electron chi connectivity index (χ2n) is 5.54. The Bertz CT molecular complexity index is 549. The number of pyridine rings is 1. The molecule has 2 heterocycles. The van der Waals surface area contributed by atoms with Crippen molar-refractivity contribution in [3.8, 4) is 0 Å². The summed E-state index contributed by atoms with van der Waals surface area (Å²) in [5, 5.41) is 2.70. The van der Waals surface area contributed by atoms with Gasteiger partial charge in [0.25, 0.3) is 0 Å². The van der Waals surface area contributed by atoms with Gasteiger partial charge < -0.3 is 10.2 Å². The van der Waals surface area contributed by atoms with E-state index in [0.29, 0.717) is 5.56 Å². The van der Waals surface area contributed by atoms with Gasteiger partial charge in [0.05, 0.1) is 6.20 Å². The normalized spacial score (nSPS) is 23.9. The van der Waals surface area contributed by atoms with Crippen LogP contribution in [0.3, 0.4) is 0 Å². The molecule has 1 aliphatic rings. The topological polar surface area (TPSA) is 62.3 Å². The molecule has 0 saturated carbocycles. The van der Waals surface area contributed by atoms with Crippen LogP contribution in [0.4, 0.5) is 4.39 Å². The lowest BCUT2D eigenvalue weighted by Gasteiger charge is -2.40. The van der Waals surface area contributed by atoms with Gasteiger partial charge in [0.1, 0.15) is 17.9 Å². The van der Waals surface area contributed by atoms with Crippen molar-refractivity contribution in [3.05, 3.63) is 29.8 Å². The first-order valence-corrected chi connectivity index (χ1v) is 7.14. The largest absolute Gasteiger partial charge is 0.343 e. The van der Waals surface area contributed by atoms with Crippen molar-refractivity contribution in [1.82, 2.24) is 15.2 Å². The first-order valence-electron chi connectivity index (χ1n) is 7.14. The minimum absolute atomic E-state index is 0.0305. The van der Waals surface area contributed by atoms with Crippen LogP contribution in [0, 0.1) is 11.7 Å². The third-order valence-electron chi connectivity index (χ3n) is 3.91. The lowest BCUT2D eigenvalue weighted by molar-refractivity contribution is -0.151. The standard InChI is InChI=1S/C15H20FN3O2/c1-4-9(2)13-14(20)18-10(3)15(21)19(13)8-11-5-12(16)7-17-6-11/h5-7,9-10,13H,4,8H2,1-3H3,(H,18,20). The molecule has 0 aliphatic carbocycles. The van der Waals surface area contributed by atoms with Crippen LogP contribution in [-0.4, -0.2) is 33.8 Å². The number of piperazine rings is 1. The smallest absolute Gasteiger partial charge is 0.245 e. The molecule has 1 N–H and O–H groups in total. The summed E-state index contributed by atoms with van der Waals surface area (Å²) in [4.78, 5) is 29.9. The Hall–Kier alpha value is -1.98. The van der Waals surface area contributed by atoms with Gasteiger partial charge in [-0.3, -0.25) is 14.6 Å². The lowest BCUT2D eigenvalue weighted by Crippen LogP contribution is -2.63. The summed E-state index contributed by atoms with van der Waals surface area (Å²) in [5.41, 5.74) is 0.582. The van der Waals surface area contributed by atoms with Crippen LogP contribution >= 0.6 is 0 Å². The molecular formula is C15H20FN3O2. The highest BCUT2D eigenvalue weighted by molar-refractivity contribution is 5.96. The van der Waals surface area contributed by atoms with Crippen LogP contribution in [0.25, 0.3) is 0 Å². The average Bonchev–Trinajstić information content (AvgIpc) is 2.44. The fourth-order valence-electron chi connectivity index (χ4n) is 2.59. The number of aromatic nitrogens is 1. The van der Waals surface area contributed by atoms with Crippen molar-refractivity contribution in [3.63, 3.8) is 0 Å². The molecule has 2 rings (SSSR count). The van der Waals surface area contributed by atoms with E-state index in [2.05, 4.69) is 10.3 Å². The van der Waals surface area contributed by atoms with Gasteiger partial charge in [-0.1, -0.05) is 20.3 Å². The number of amides is 2. The summed E-state index contributed by atoms with van der Waals surface area (Å²) in [5.74, 6) is -0.720. The molecule has 6 heteroatoms. The summed E-state index contributed by atoms with van der Waals surface area (Å²) in [6.45, 7) is 5.76. The van der Waals surface area contributed by atoms with Gasteiger partial charge in [-0.25, -0.2) is 4.39 Å². The van der Waals surface area contributed by atoms with E-state index < -0.39 is 17.9 Å². The van der Waals surface area contributed by atoms with E-state index in [1.165, 1.54) is 17.2 Å². The molecule has 0 spiro atoms. The van der Waals surface area contributed by atoms with Crippen LogP contribution in [0.15, 0.2) is 18.5 Å². The minimum atomic E-state index is -0.556. The molecule has 1 aromatic heterocycles. The number of nitrogens with zero attached hydrogens (tertiary/aromatic N) is 2. The zero-order valence-corrected chi connectivity index (χ0v) is 12.5. The van der Waals surface area contributed by atoms with Gasteiger partial charge in [0.15, 0.2) is 0 Å². The molecule has 3 unspecified atom stereocenters. The summed E-state index contributed by atoms with van der Waals surface area (Å²) >= 11 is 0. The Morgan fingerprint density at radius 3 is 2.76 bits per heavy atom. The van der Waals surface area contributed by atoms with Crippen molar-refractivity contribution < 1.29 is 14.0 Å². The highest BCUT2D eigenvalue weighted by Crippen LogP contribution is 2.22. The Balaban J connectivity index is 2.29. The molecule has 1 fully saturated rings. The van der Waals surface area contributed by atoms with Crippen LogP contribution in [0.2, 0.25) is 0 Å². The molecule has 5 nitrogen and oxygen atoms in total. The van der Waals surface area contributed by atoms with Gasteiger partial charge in [-0.05, 0) is 24.5 Å². The van der Waals surface area contributed by atoms with Crippen LogP contribution in [-0.2, 0) is 16.1 Å². The van der Waals surface area contributed by atoms with E-state index in [9.17, 15) is 14.0 Å². The molecule has 1 saturated heterocycles. The molecular weight excluding hydrogens is 273 g/mol. The van der Waals surface area contributed by atoms with Crippen molar-refractivity contribution in [2.24, 2.45) is 5.92 Å². The maximum absolute atomic E-state index is 13.2. The molecule has 1 aromatic rings. The fraction of sp³-hybridized carbons (Fsp3) is 0.533. The molecule has 0 aromatic carbocycles. The highest BCUT2D eigenvalue weighted by Gasteiger charge is 2.40. The fourth-order valence-corrected chi connectivity index (χ4v) is 2.59. The Kier molecular flexibility index (Phi) is 4.55. The van der Waals surface area contributed by atoms with Gasteiger partial charge in [0.2, 0.25) is 11.8 Å². The van der Waals surface area contributed by atoms with E-state index in [0.717, 1.165) is 12.6 Å². The quantitative estimate of drug-likeness (QED) is 0.914. The van der Waals surface area contributed by atoms with Crippen LogP contribution < -0.4 is 5.32 Å². The van der Waals surface area contributed by atoms with Crippen molar-refractivity contribution in [2.45, 2.75) is 45.8 Å². The van der Waals surface area contributed by atoms with E-state index in [1.54, 1.807) is 6.92 Å². The SMILES string of the molecule is CCC(C)C1C(=O)NC(C)C(=O)N1Cc1cncc(F)c1. The average molecular weight is 293 g/mol. The molecule has 1 aliphatic heterocycles. The van der Waals surface area contributed by atoms with E-state index in [-0.39, 0.29) is 24.3 Å². The van der Waals surface area contributed by atoms with Gasteiger partial charge in [-0.15, -0.1) is 0 Å². The third-order valence-corrected chi connectivity index (χ3v) is 3.91. The predicted octanol–water partition coefficient (Wildman–Crippen LogP) is 1.48. The number of hydrogen-bond acceptors (Lipinski definition) is 3. The number of carbonyl (C=O) groups excluding carboxylic acids is 2. The summed E-state index contributed by atoms with van der Waals surface area (Å²) in [7, 11) is 0. The number of rotatable bonds is 4. The zero-order chi connectivity index (χ0) is 15.6. The first-order chi connectivity index (χ1) is 9.93. The summed E-state index contributed by atoms with van der Waals surface area (Å²) < 4.78 is 13.2. The predicted molar refractivity (Wildman–Crippen MR) is 75.6 cm³/mol. The van der Waals surface area contributed by atoms with E-state index in [1.807, 2.05) is 13.8 Å². The number of nitrogens with one attached hydrogen (secondary N) is 1. The minimum Gasteiger partial charge on any atom is -0.343 e. The van der Waals surface area contributed by atoms with E-state index >= 15 is 0 Å². The van der Waals surface area contributed by atoms with Gasteiger partial charge in [-0.2, -0.15) is 0 Å². The maximum Gasteiger partial charge on any atom is 0.245 e. The Morgan fingerprint density at radius 1 is 1.43 bits per heavy atom. The molecule has 21 heavy (non-hydrogen) atoms. The lowest BCUT2D eigenvalue weighted by atomic mass is 9.93. The highest BCUT2D eigenvalue weighted by atomic mass is 19.1. The second kappa shape index (κ2) is 6.20. The van der Waals surface area contributed by atoms with Crippen LogP contribution in [0.1, 0.15) is 32.8 Å². The first kappa shape index (κ1) is 15.4. The number of halogens is 1. The number of hydrogen-bond donors (Lipinski definition) is 1. The van der Waals surface area contributed by atoms with Gasteiger partial charge >= 0.3 is 0 Å². The van der Waals surface area contributed by atoms with Crippen molar-refractivity contribution in [1.29, 1.82) is 0 Å². The molecule has 0 bridgehead atoms. The number of carbonyl (C=O) groups is 2. The maximum atomic E-state index is 13.2.